The first-order chi connectivity index (χ1) is 26.5. The molecule has 9 aromatic rings. The van der Waals surface area contributed by atoms with Crippen LogP contribution in [0, 0.1) is 0 Å². The molecule has 0 saturated carbocycles. The van der Waals surface area contributed by atoms with Gasteiger partial charge in [-0.15, -0.1) is 0 Å². The van der Waals surface area contributed by atoms with Crippen LogP contribution in [0.15, 0.2) is 222 Å². The van der Waals surface area contributed by atoms with Gasteiger partial charge < -0.3 is 13.7 Å². The summed E-state index contributed by atoms with van der Waals surface area (Å²) in [6, 6.07) is 70.7. The molecular weight excluding hydrogens is 717 g/mol. The van der Waals surface area contributed by atoms with Crippen LogP contribution in [0.5, 0.6) is 0 Å². The summed E-state index contributed by atoms with van der Waals surface area (Å²) in [6.07, 6.45) is 0. The second kappa shape index (κ2) is 14.3. The van der Waals surface area contributed by atoms with Gasteiger partial charge in [-0.2, -0.15) is 0 Å². The van der Waals surface area contributed by atoms with Crippen LogP contribution < -0.4 is 31.8 Å². The second-order valence-electron chi connectivity index (χ2n) is 13.2. The zero-order chi connectivity index (χ0) is 36.5. The molecule has 0 N–H and O–H groups in total. The minimum Gasteiger partial charge on any atom is -0.309 e. The number of hydrogen-bond donors (Lipinski definition) is 0. The smallest absolute Gasteiger partial charge is 0.171 e. The average Bonchev–Trinajstić information content (AvgIpc) is 3.57. The van der Waals surface area contributed by atoms with E-state index in [0.29, 0.717) is 0 Å². The summed E-state index contributed by atoms with van der Waals surface area (Å²) in [7, 11) is -6.35. The van der Waals surface area contributed by atoms with E-state index in [9.17, 15) is 0 Å². The molecule has 0 aliphatic carbocycles. The standard InChI is InChI=1S/C48H35NO2P2S/c50-52(37-16-6-1-7-17-37,38-18-8-2-9-19-38)41-28-26-36(27-29-41)49-47-32-30-42(53(51,39-20-10-3-11-21-39)40-22-12-4-13-23-40)34-45(47)46-35-44(31-33-48(46)49)54-43-24-14-5-15-25-43/h1-35H. The van der Waals surface area contributed by atoms with E-state index in [1.807, 2.05) is 146 Å². The van der Waals surface area contributed by atoms with Crippen molar-refractivity contribution in [1.82, 2.24) is 4.57 Å². The van der Waals surface area contributed by atoms with E-state index in [1.165, 1.54) is 0 Å². The molecule has 0 amide bonds. The van der Waals surface area contributed by atoms with Crippen molar-refractivity contribution >= 4 is 79.7 Å². The Balaban J connectivity index is 1.24. The van der Waals surface area contributed by atoms with Crippen molar-refractivity contribution in [2.24, 2.45) is 0 Å². The van der Waals surface area contributed by atoms with Gasteiger partial charge in [0, 0.05) is 58.1 Å². The molecule has 0 bridgehead atoms. The third-order valence-electron chi connectivity index (χ3n) is 10.0. The lowest BCUT2D eigenvalue weighted by molar-refractivity contribution is 0.591. The van der Waals surface area contributed by atoms with Crippen LogP contribution in [0.25, 0.3) is 27.5 Å². The monoisotopic (exact) mass is 751 g/mol. The predicted octanol–water partition coefficient (Wildman–Crippen LogP) is 10.2. The van der Waals surface area contributed by atoms with Crippen LogP contribution >= 0.6 is 26.0 Å². The van der Waals surface area contributed by atoms with Gasteiger partial charge in [-0.3, -0.25) is 0 Å². The molecule has 0 radical (unpaired) electrons. The highest BCUT2D eigenvalue weighted by atomic mass is 32.2. The molecule has 0 spiro atoms. The maximum absolute atomic E-state index is 15.5. The quantitative estimate of drug-likeness (QED) is 0.138. The zero-order valence-electron chi connectivity index (χ0n) is 29.3. The summed E-state index contributed by atoms with van der Waals surface area (Å²) in [4.78, 5) is 2.28. The molecule has 260 valence electrons. The molecule has 1 heterocycles. The number of nitrogens with zero attached hydrogens (tertiary/aromatic N) is 1. The lowest BCUT2D eigenvalue weighted by Gasteiger charge is -2.21. The second-order valence-corrected chi connectivity index (χ2v) is 19.9. The molecule has 3 nitrogen and oxygen atoms in total. The maximum Gasteiger partial charge on any atom is 0.171 e. The van der Waals surface area contributed by atoms with Gasteiger partial charge in [0.2, 0.25) is 0 Å². The van der Waals surface area contributed by atoms with E-state index in [1.54, 1.807) is 11.8 Å². The first kappa shape index (κ1) is 34.2. The molecule has 0 fully saturated rings. The largest absolute Gasteiger partial charge is 0.309 e. The Morgan fingerprint density at radius 2 is 0.704 bits per heavy atom. The summed E-state index contributed by atoms with van der Waals surface area (Å²) in [5.41, 5.74) is 3.00. The molecule has 0 aliphatic heterocycles. The minimum absolute atomic E-state index is 0.778. The molecular formula is C48H35NO2P2S. The fourth-order valence-electron chi connectivity index (χ4n) is 7.41. The molecule has 9 rings (SSSR count). The molecule has 1 aromatic heterocycles. The fourth-order valence-corrected chi connectivity index (χ4v) is 13.6. The Morgan fingerprint density at radius 1 is 0.333 bits per heavy atom. The normalized spacial score (nSPS) is 11.9. The van der Waals surface area contributed by atoms with Gasteiger partial charge in [0.15, 0.2) is 14.3 Å². The van der Waals surface area contributed by atoms with E-state index < -0.39 is 14.3 Å². The molecule has 54 heavy (non-hydrogen) atoms. The average molecular weight is 752 g/mol. The summed E-state index contributed by atoms with van der Waals surface area (Å²) >= 11 is 1.72. The topological polar surface area (TPSA) is 39.1 Å². The van der Waals surface area contributed by atoms with Crippen LogP contribution in [-0.4, -0.2) is 4.57 Å². The van der Waals surface area contributed by atoms with Crippen molar-refractivity contribution in [1.29, 1.82) is 0 Å². The highest BCUT2D eigenvalue weighted by molar-refractivity contribution is 7.99. The summed E-state index contributed by atoms with van der Waals surface area (Å²) in [5.74, 6) is 0. The molecule has 8 aromatic carbocycles. The van der Waals surface area contributed by atoms with E-state index in [2.05, 4.69) is 71.3 Å². The number of hydrogen-bond acceptors (Lipinski definition) is 3. The lowest BCUT2D eigenvalue weighted by atomic mass is 10.1. The van der Waals surface area contributed by atoms with Gasteiger partial charge in [-0.25, -0.2) is 0 Å². The molecule has 0 unspecified atom stereocenters. The third-order valence-corrected chi connectivity index (χ3v) is 17.1. The van der Waals surface area contributed by atoms with Gasteiger partial charge in [0.1, 0.15) is 0 Å². The Morgan fingerprint density at radius 3 is 1.19 bits per heavy atom. The lowest BCUT2D eigenvalue weighted by Crippen LogP contribution is -2.25. The number of rotatable bonds is 9. The zero-order valence-corrected chi connectivity index (χ0v) is 31.9. The fraction of sp³-hybridized carbons (Fsp3) is 0. The highest BCUT2D eigenvalue weighted by Gasteiger charge is 2.31. The summed E-state index contributed by atoms with van der Waals surface area (Å²) in [6.45, 7) is 0. The summed E-state index contributed by atoms with van der Waals surface area (Å²) in [5, 5.41) is 6.87. The van der Waals surface area contributed by atoms with E-state index >= 15 is 9.13 Å². The van der Waals surface area contributed by atoms with Crippen LogP contribution in [-0.2, 0) is 9.13 Å². The van der Waals surface area contributed by atoms with Gasteiger partial charge in [-0.1, -0.05) is 151 Å². The van der Waals surface area contributed by atoms with E-state index in [4.69, 9.17) is 0 Å². The molecule has 0 aliphatic rings. The van der Waals surface area contributed by atoms with Gasteiger partial charge in [0.25, 0.3) is 0 Å². The van der Waals surface area contributed by atoms with E-state index in [-0.39, 0.29) is 0 Å². The van der Waals surface area contributed by atoms with Gasteiger partial charge in [-0.05, 0) is 72.8 Å². The SMILES string of the molecule is O=P(c1ccccc1)(c1ccccc1)c1ccc(-n2c3ccc(Sc4ccccc4)cc3c3cc(P(=O)(c4ccccc4)c4ccccc4)ccc32)cc1. The molecule has 0 atom stereocenters. The first-order valence-corrected chi connectivity index (χ1v) is 22.1. The Hall–Kier alpha value is -5.63. The Labute approximate surface area is 319 Å². The van der Waals surface area contributed by atoms with Crippen LogP contribution in [0.1, 0.15) is 0 Å². The number of benzene rings is 8. The summed E-state index contributed by atoms with van der Waals surface area (Å²) < 4.78 is 32.9. The van der Waals surface area contributed by atoms with Crippen LogP contribution in [0.3, 0.4) is 0 Å². The first-order valence-electron chi connectivity index (χ1n) is 17.9. The Kier molecular flexibility index (Phi) is 9.05. The minimum atomic E-state index is -3.22. The van der Waals surface area contributed by atoms with Crippen LogP contribution in [0.4, 0.5) is 0 Å². The van der Waals surface area contributed by atoms with Gasteiger partial charge in [0.05, 0.1) is 11.0 Å². The maximum atomic E-state index is 15.5. The van der Waals surface area contributed by atoms with Crippen molar-refractivity contribution in [3.8, 4) is 5.69 Å². The predicted molar refractivity (Wildman–Crippen MR) is 230 cm³/mol. The molecule has 6 heteroatoms. The number of aromatic nitrogens is 1. The van der Waals surface area contributed by atoms with E-state index in [0.717, 1.165) is 69.1 Å². The van der Waals surface area contributed by atoms with Gasteiger partial charge >= 0.3 is 0 Å². The van der Waals surface area contributed by atoms with Crippen molar-refractivity contribution in [2.75, 3.05) is 0 Å². The number of fused-ring (bicyclic) bond motifs is 3. The van der Waals surface area contributed by atoms with Crippen molar-refractivity contribution < 1.29 is 9.13 Å². The molecule has 0 saturated heterocycles. The van der Waals surface area contributed by atoms with Crippen LogP contribution in [0.2, 0.25) is 0 Å². The highest BCUT2D eigenvalue weighted by Crippen LogP contribution is 2.45. The Bertz CT molecular complexity index is 2740. The van der Waals surface area contributed by atoms with Crippen molar-refractivity contribution in [3.05, 3.63) is 212 Å². The third kappa shape index (κ3) is 5.98. The van der Waals surface area contributed by atoms with Crippen molar-refractivity contribution in [3.63, 3.8) is 0 Å². The van der Waals surface area contributed by atoms with Crippen molar-refractivity contribution in [2.45, 2.75) is 9.79 Å².